The molecular formula is C21H27F3N6O5. The Balaban J connectivity index is 1.35. The fourth-order valence-electron chi connectivity index (χ4n) is 4.11. The lowest BCUT2D eigenvalue weighted by molar-refractivity contribution is -0.132. The fraction of sp³-hybridized carbons (Fsp3) is 0.571. The summed E-state index contributed by atoms with van der Waals surface area (Å²) in [5, 5.41) is 3.53. The first-order chi connectivity index (χ1) is 16.8. The number of hydrogen-bond acceptors (Lipinski definition) is 7. The summed E-state index contributed by atoms with van der Waals surface area (Å²) in [6.07, 6.45) is -4.76. The molecule has 3 aliphatic heterocycles. The molecule has 4 amide bonds. The molecular weight excluding hydrogens is 473 g/mol. The van der Waals surface area contributed by atoms with E-state index in [0.29, 0.717) is 58.2 Å². The number of halogens is 3. The average Bonchev–Trinajstić information content (AvgIpc) is 3.06. The van der Waals surface area contributed by atoms with E-state index in [9.17, 15) is 23.2 Å². The van der Waals surface area contributed by atoms with Gasteiger partial charge in [-0.1, -0.05) is 0 Å². The number of carbonyl (C=O) groups excluding carboxylic acids is 3. The van der Waals surface area contributed by atoms with Gasteiger partial charge >= 0.3 is 18.5 Å². The van der Waals surface area contributed by atoms with Gasteiger partial charge in [0, 0.05) is 32.7 Å². The highest BCUT2D eigenvalue weighted by atomic mass is 19.3. The van der Waals surface area contributed by atoms with E-state index >= 15 is 4.39 Å². The van der Waals surface area contributed by atoms with Gasteiger partial charge in [-0.15, -0.1) is 0 Å². The lowest BCUT2D eigenvalue weighted by Crippen LogP contribution is -2.53. The van der Waals surface area contributed by atoms with Gasteiger partial charge in [-0.2, -0.15) is 8.78 Å². The second-order valence-corrected chi connectivity index (χ2v) is 8.23. The third-order valence-corrected chi connectivity index (χ3v) is 5.95. The molecule has 0 radical (unpaired) electrons. The van der Waals surface area contributed by atoms with Crippen molar-refractivity contribution in [3.8, 4) is 0 Å². The Morgan fingerprint density at radius 1 is 1.14 bits per heavy atom. The summed E-state index contributed by atoms with van der Waals surface area (Å²) in [5.41, 5.74) is 3.65. The minimum absolute atomic E-state index is 0.0205. The summed E-state index contributed by atoms with van der Waals surface area (Å²) < 4.78 is 50.1. The van der Waals surface area contributed by atoms with Crippen LogP contribution in [0.15, 0.2) is 18.2 Å². The molecule has 3 fully saturated rings. The number of nitrogens with one attached hydrogen (secondary N) is 2. The van der Waals surface area contributed by atoms with Crippen molar-refractivity contribution in [3.63, 3.8) is 0 Å². The topological polar surface area (TPSA) is 107 Å². The Labute approximate surface area is 199 Å². The van der Waals surface area contributed by atoms with Gasteiger partial charge in [0.2, 0.25) is 0 Å². The monoisotopic (exact) mass is 500 g/mol. The van der Waals surface area contributed by atoms with Crippen molar-refractivity contribution in [1.29, 1.82) is 0 Å². The number of alkyl halides is 2. The molecule has 1 atom stereocenters. The largest absolute Gasteiger partial charge is 0.442 e. The normalized spacial score (nSPS) is 21.3. The number of hydrogen-bond donors (Lipinski definition) is 2. The van der Waals surface area contributed by atoms with Gasteiger partial charge in [-0.05, 0) is 18.2 Å². The van der Waals surface area contributed by atoms with Crippen LogP contribution in [-0.4, -0.2) is 106 Å². The van der Waals surface area contributed by atoms with Crippen molar-refractivity contribution in [3.05, 3.63) is 24.0 Å². The van der Waals surface area contributed by atoms with Crippen LogP contribution in [0.2, 0.25) is 0 Å². The number of ether oxygens (including phenoxy) is 2. The molecule has 4 rings (SSSR count). The van der Waals surface area contributed by atoms with E-state index in [2.05, 4.69) is 5.43 Å². The van der Waals surface area contributed by atoms with Crippen molar-refractivity contribution >= 4 is 29.4 Å². The predicted molar refractivity (Wildman–Crippen MR) is 118 cm³/mol. The lowest BCUT2D eigenvalue weighted by atomic mass is 10.2. The summed E-state index contributed by atoms with van der Waals surface area (Å²) in [6, 6.07) is 4.17. The average molecular weight is 500 g/mol. The first-order valence-electron chi connectivity index (χ1n) is 11.3. The maximum absolute atomic E-state index is 15.1. The Kier molecular flexibility index (Phi) is 7.80. The molecule has 3 heterocycles. The van der Waals surface area contributed by atoms with Crippen LogP contribution in [0.3, 0.4) is 0 Å². The van der Waals surface area contributed by atoms with E-state index in [4.69, 9.17) is 9.47 Å². The number of carbonyl (C=O) groups is 3. The van der Waals surface area contributed by atoms with Crippen LogP contribution in [0.5, 0.6) is 0 Å². The molecule has 1 unspecified atom stereocenters. The Hall–Kier alpha value is -3.26. The number of amides is 4. The van der Waals surface area contributed by atoms with Gasteiger partial charge in [0.1, 0.15) is 11.9 Å². The second-order valence-electron chi connectivity index (χ2n) is 8.23. The van der Waals surface area contributed by atoms with Crippen LogP contribution in [-0.2, 0) is 14.3 Å². The smallest absolute Gasteiger partial charge is 0.414 e. The van der Waals surface area contributed by atoms with E-state index in [-0.39, 0.29) is 24.8 Å². The molecule has 192 valence electrons. The van der Waals surface area contributed by atoms with Crippen molar-refractivity contribution < 1.29 is 37.0 Å². The summed E-state index contributed by atoms with van der Waals surface area (Å²) in [7, 11) is 0. The zero-order valence-corrected chi connectivity index (χ0v) is 18.9. The van der Waals surface area contributed by atoms with E-state index in [1.54, 1.807) is 17.0 Å². The van der Waals surface area contributed by atoms with E-state index in [1.807, 2.05) is 10.2 Å². The summed E-state index contributed by atoms with van der Waals surface area (Å²) in [4.78, 5) is 40.6. The highest BCUT2D eigenvalue weighted by molar-refractivity contribution is 5.90. The maximum atomic E-state index is 15.1. The summed E-state index contributed by atoms with van der Waals surface area (Å²) >= 11 is 0. The van der Waals surface area contributed by atoms with Gasteiger partial charge in [-0.25, -0.2) is 19.4 Å². The van der Waals surface area contributed by atoms with Gasteiger partial charge in [0.15, 0.2) is 0 Å². The number of nitrogens with zero attached hydrogens (tertiary/aromatic N) is 4. The predicted octanol–water partition coefficient (Wildman–Crippen LogP) is 0.611. The van der Waals surface area contributed by atoms with Gasteiger partial charge in [0.25, 0.3) is 5.91 Å². The molecule has 35 heavy (non-hydrogen) atoms. The number of anilines is 2. The number of cyclic esters (lactones) is 1. The molecule has 14 heteroatoms. The van der Waals surface area contributed by atoms with Crippen LogP contribution in [0.1, 0.15) is 0 Å². The Morgan fingerprint density at radius 3 is 2.63 bits per heavy atom. The first-order valence-corrected chi connectivity index (χ1v) is 11.3. The van der Waals surface area contributed by atoms with Crippen molar-refractivity contribution in [2.45, 2.75) is 12.5 Å². The van der Waals surface area contributed by atoms with Crippen LogP contribution >= 0.6 is 0 Å². The van der Waals surface area contributed by atoms with Crippen LogP contribution in [0.4, 0.5) is 34.1 Å². The van der Waals surface area contributed by atoms with Crippen LogP contribution in [0, 0.1) is 5.82 Å². The molecule has 1 aromatic rings. The molecule has 2 N–H and O–H groups in total. The SMILES string of the molecule is O=C(NCC1CN(c2ccc(N3CCNN(C(=O)N4CCOCC4)CC3)c(F)c2)C(=O)O1)C(F)F. The summed E-state index contributed by atoms with van der Waals surface area (Å²) in [6.45, 7) is 3.39. The second kappa shape index (κ2) is 11.0. The Bertz CT molecular complexity index is 948. The zero-order valence-electron chi connectivity index (χ0n) is 18.9. The molecule has 1 aromatic carbocycles. The van der Waals surface area contributed by atoms with E-state index < -0.39 is 30.3 Å². The van der Waals surface area contributed by atoms with Crippen LogP contribution in [0.25, 0.3) is 0 Å². The van der Waals surface area contributed by atoms with Gasteiger partial charge in [-0.3, -0.25) is 14.7 Å². The lowest BCUT2D eigenvalue weighted by Gasteiger charge is -2.32. The summed E-state index contributed by atoms with van der Waals surface area (Å²) in [5.74, 6) is -2.01. The standard InChI is InChI=1S/C21H27F3N6O5/c22-16-11-14(29-13-15(35-21(29)33)12-25-19(31)18(23)24)1-2-17(16)27-4-3-26-30(6-5-27)20(32)28-7-9-34-10-8-28/h1-2,11,15,18,26H,3-10,12-13H2,(H,25,31). The molecule has 0 aliphatic carbocycles. The Morgan fingerprint density at radius 2 is 1.91 bits per heavy atom. The molecule has 0 saturated carbocycles. The molecule has 11 nitrogen and oxygen atoms in total. The maximum Gasteiger partial charge on any atom is 0.414 e. The third-order valence-electron chi connectivity index (χ3n) is 5.95. The zero-order chi connectivity index (χ0) is 24.9. The molecule has 0 aromatic heterocycles. The number of morpholine rings is 1. The number of benzene rings is 1. The van der Waals surface area contributed by atoms with Crippen LogP contribution < -0.4 is 20.5 Å². The minimum atomic E-state index is -3.16. The van der Waals surface area contributed by atoms with Crippen molar-refractivity contribution in [1.82, 2.24) is 20.7 Å². The highest BCUT2D eigenvalue weighted by Gasteiger charge is 2.34. The third kappa shape index (κ3) is 5.88. The number of urea groups is 1. The molecule has 3 aliphatic rings. The highest BCUT2D eigenvalue weighted by Crippen LogP contribution is 2.28. The molecule has 0 spiro atoms. The minimum Gasteiger partial charge on any atom is -0.442 e. The number of rotatable bonds is 5. The van der Waals surface area contributed by atoms with E-state index in [1.165, 1.54) is 16.0 Å². The van der Waals surface area contributed by atoms with Crippen molar-refractivity contribution in [2.75, 3.05) is 75.4 Å². The van der Waals surface area contributed by atoms with Gasteiger partial charge < -0.3 is 24.6 Å². The molecule has 3 saturated heterocycles. The fourth-order valence-corrected chi connectivity index (χ4v) is 4.11. The van der Waals surface area contributed by atoms with Crippen molar-refractivity contribution in [2.24, 2.45) is 0 Å². The first kappa shape index (κ1) is 24.9. The number of hydrazine groups is 1. The quantitative estimate of drug-likeness (QED) is 0.610. The van der Waals surface area contributed by atoms with E-state index in [0.717, 1.165) is 0 Å². The van der Waals surface area contributed by atoms with Gasteiger partial charge in [0.05, 0.1) is 44.2 Å². The molecule has 0 bridgehead atoms.